The van der Waals surface area contributed by atoms with Crippen LogP contribution >= 0.6 is 11.6 Å². The highest BCUT2D eigenvalue weighted by Gasteiger charge is 2.22. The summed E-state index contributed by atoms with van der Waals surface area (Å²) in [4.78, 5) is 25.4. The van der Waals surface area contributed by atoms with Gasteiger partial charge in [0.25, 0.3) is 11.7 Å². The molecule has 0 spiro atoms. The van der Waals surface area contributed by atoms with Gasteiger partial charge in [0, 0.05) is 40.8 Å². The molecule has 0 saturated carbocycles. The predicted octanol–water partition coefficient (Wildman–Crippen LogP) is 0.993. The van der Waals surface area contributed by atoms with Crippen molar-refractivity contribution in [1.29, 1.82) is 0 Å². The number of hydrogen-bond donors (Lipinski definition) is 1. The molecule has 2 aromatic carbocycles. The number of fused-ring (bicyclic) bond motifs is 1. The van der Waals surface area contributed by atoms with Crippen molar-refractivity contribution in [2.24, 2.45) is 7.05 Å². The van der Waals surface area contributed by atoms with Crippen molar-refractivity contribution in [2.75, 3.05) is 5.32 Å². The standard InChI is InChI=1S/C23H18ClN3O2.HI/c1-26-12-10-18(11-13-26)25-23(29)22(28)20-15-27(21-5-3-2-4-19(20)21)14-16-6-8-17(24)9-7-16;/h2-13,15H,14H2,1H3;1H. The van der Waals surface area contributed by atoms with Crippen molar-refractivity contribution in [3.05, 3.63) is 95.4 Å². The van der Waals surface area contributed by atoms with Crippen LogP contribution in [0.15, 0.2) is 79.3 Å². The van der Waals surface area contributed by atoms with Crippen LogP contribution in [0.25, 0.3) is 10.9 Å². The van der Waals surface area contributed by atoms with Crippen molar-refractivity contribution < 1.29 is 38.1 Å². The molecule has 7 heteroatoms. The number of Topliss-reactive ketones (excluding diaryl/α,β-unsaturated/α-hetero) is 1. The van der Waals surface area contributed by atoms with Gasteiger partial charge in [-0.1, -0.05) is 41.9 Å². The Morgan fingerprint density at radius 3 is 2.37 bits per heavy atom. The largest absolute Gasteiger partial charge is 1.00 e. The van der Waals surface area contributed by atoms with Crippen LogP contribution in [0.3, 0.4) is 0 Å². The Hall–Kier alpha value is -2.71. The Bertz CT molecular complexity index is 1200. The Morgan fingerprint density at radius 2 is 1.67 bits per heavy atom. The molecule has 0 unspecified atom stereocenters. The Balaban J connectivity index is 0.00000256. The van der Waals surface area contributed by atoms with Gasteiger partial charge in [0.15, 0.2) is 12.4 Å². The van der Waals surface area contributed by atoms with Gasteiger partial charge in [-0.05, 0) is 23.8 Å². The molecule has 0 saturated heterocycles. The number of aromatic nitrogens is 2. The summed E-state index contributed by atoms with van der Waals surface area (Å²) < 4.78 is 3.82. The van der Waals surface area contributed by atoms with Crippen LogP contribution < -0.4 is 33.9 Å². The fourth-order valence-corrected chi connectivity index (χ4v) is 3.37. The van der Waals surface area contributed by atoms with Gasteiger partial charge in [-0.25, -0.2) is 4.57 Å². The highest BCUT2D eigenvalue weighted by Crippen LogP contribution is 2.24. The minimum Gasteiger partial charge on any atom is -1.00 e. The number of amides is 1. The van der Waals surface area contributed by atoms with Gasteiger partial charge in [0.1, 0.15) is 7.05 Å². The lowest BCUT2D eigenvalue weighted by atomic mass is 10.1. The number of rotatable bonds is 5. The first-order valence-electron chi connectivity index (χ1n) is 9.14. The number of nitrogens with one attached hydrogen (secondary N) is 1. The van der Waals surface area contributed by atoms with Gasteiger partial charge in [-0.2, -0.15) is 0 Å². The highest BCUT2D eigenvalue weighted by atomic mass is 127. The molecule has 0 fully saturated rings. The van der Waals surface area contributed by atoms with Gasteiger partial charge >= 0.3 is 0 Å². The predicted molar refractivity (Wildman–Crippen MR) is 113 cm³/mol. The van der Waals surface area contributed by atoms with Crippen molar-refractivity contribution >= 4 is 39.9 Å². The topological polar surface area (TPSA) is 55.0 Å². The summed E-state index contributed by atoms with van der Waals surface area (Å²) in [6.07, 6.45) is 5.35. The summed E-state index contributed by atoms with van der Waals surface area (Å²) in [6, 6.07) is 18.6. The lowest BCUT2D eigenvalue weighted by Gasteiger charge is -2.05. The fraction of sp³-hybridized carbons (Fsp3) is 0.0870. The molecule has 30 heavy (non-hydrogen) atoms. The molecule has 5 nitrogen and oxygen atoms in total. The number of halogens is 2. The average molecular weight is 532 g/mol. The molecule has 0 atom stereocenters. The number of ketones is 1. The molecule has 4 aromatic rings. The van der Waals surface area contributed by atoms with E-state index in [1.807, 2.05) is 64.7 Å². The van der Waals surface area contributed by atoms with Gasteiger partial charge in [0.05, 0.1) is 11.3 Å². The smallest absolute Gasteiger partial charge is 0.296 e. The van der Waals surface area contributed by atoms with Crippen molar-refractivity contribution in [2.45, 2.75) is 6.54 Å². The van der Waals surface area contributed by atoms with E-state index < -0.39 is 11.7 Å². The van der Waals surface area contributed by atoms with E-state index in [1.54, 1.807) is 30.7 Å². The second kappa shape index (κ2) is 9.40. The maximum atomic E-state index is 12.9. The Labute approximate surface area is 196 Å². The first kappa shape index (κ1) is 22.0. The van der Waals surface area contributed by atoms with Gasteiger partial charge < -0.3 is 33.9 Å². The molecule has 152 valence electrons. The van der Waals surface area contributed by atoms with E-state index in [2.05, 4.69) is 5.32 Å². The number of hydrogen-bond acceptors (Lipinski definition) is 2. The molecular formula is C23H19ClIN3O2. The van der Waals surface area contributed by atoms with Crippen LogP contribution in [0.2, 0.25) is 5.02 Å². The first-order chi connectivity index (χ1) is 14.0. The van der Waals surface area contributed by atoms with Crippen molar-refractivity contribution in [3.63, 3.8) is 0 Å². The quantitative estimate of drug-likeness (QED) is 0.181. The van der Waals surface area contributed by atoms with Gasteiger partial charge in [0.2, 0.25) is 0 Å². The number of para-hydroxylation sites is 1. The lowest BCUT2D eigenvalue weighted by Crippen LogP contribution is -3.00. The summed E-state index contributed by atoms with van der Waals surface area (Å²) in [5.74, 6) is -1.22. The second-order valence-electron chi connectivity index (χ2n) is 6.85. The van der Waals surface area contributed by atoms with Crippen LogP contribution in [0.5, 0.6) is 0 Å². The van der Waals surface area contributed by atoms with Crippen molar-refractivity contribution in [3.8, 4) is 0 Å². The molecule has 1 amide bonds. The SMILES string of the molecule is C[n+]1ccc(NC(=O)C(=O)c2cn(Cc3ccc(Cl)cc3)c3ccccc23)cc1.[I-]. The fourth-order valence-electron chi connectivity index (χ4n) is 3.24. The van der Waals surface area contributed by atoms with Gasteiger partial charge in [-0.3, -0.25) is 9.59 Å². The summed E-state index contributed by atoms with van der Waals surface area (Å²) in [5.41, 5.74) is 2.90. The van der Waals surface area contributed by atoms with E-state index in [1.165, 1.54) is 0 Å². The molecule has 0 bridgehead atoms. The third kappa shape index (κ3) is 4.71. The van der Waals surface area contributed by atoms with Crippen LogP contribution in [-0.4, -0.2) is 16.3 Å². The number of aryl methyl sites for hydroxylation is 1. The number of benzene rings is 2. The van der Waals surface area contributed by atoms with E-state index in [4.69, 9.17) is 11.6 Å². The third-order valence-corrected chi connectivity index (χ3v) is 4.99. The van der Waals surface area contributed by atoms with Crippen LogP contribution in [0, 0.1) is 0 Å². The van der Waals surface area contributed by atoms with Crippen molar-refractivity contribution in [1.82, 2.24) is 4.57 Å². The third-order valence-electron chi connectivity index (χ3n) is 4.74. The van der Waals surface area contributed by atoms with E-state index in [0.29, 0.717) is 22.8 Å². The van der Waals surface area contributed by atoms with E-state index in [-0.39, 0.29) is 24.0 Å². The first-order valence-corrected chi connectivity index (χ1v) is 9.52. The normalized spacial score (nSPS) is 10.5. The summed E-state index contributed by atoms with van der Waals surface area (Å²) in [5, 5.41) is 4.10. The van der Waals surface area contributed by atoms with Crippen LogP contribution in [0.1, 0.15) is 15.9 Å². The van der Waals surface area contributed by atoms with Crippen LogP contribution in [0.4, 0.5) is 5.69 Å². The zero-order chi connectivity index (χ0) is 20.4. The molecule has 0 radical (unpaired) electrons. The molecule has 0 aliphatic carbocycles. The number of nitrogens with zero attached hydrogens (tertiary/aromatic N) is 2. The van der Waals surface area contributed by atoms with Gasteiger partial charge in [-0.15, -0.1) is 0 Å². The molecule has 0 aliphatic heterocycles. The molecule has 2 heterocycles. The maximum Gasteiger partial charge on any atom is 0.296 e. The lowest BCUT2D eigenvalue weighted by molar-refractivity contribution is -0.671. The average Bonchev–Trinajstić information content (AvgIpc) is 3.09. The number of carbonyl (C=O) groups excluding carboxylic acids is 2. The maximum absolute atomic E-state index is 12.9. The molecule has 0 aliphatic rings. The van der Waals surface area contributed by atoms with E-state index in [9.17, 15) is 9.59 Å². The second-order valence-corrected chi connectivity index (χ2v) is 7.29. The minimum atomic E-state index is -0.659. The summed E-state index contributed by atoms with van der Waals surface area (Å²) in [7, 11) is 1.88. The Morgan fingerprint density at radius 1 is 1.00 bits per heavy atom. The summed E-state index contributed by atoms with van der Waals surface area (Å²) >= 11 is 5.97. The molecule has 2 aromatic heterocycles. The van der Waals surface area contributed by atoms with E-state index in [0.717, 1.165) is 16.5 Å². The molecule has 4 rings (SSSR count). The minimum absolute atomic E-state index is 0. The molecule has 1 N–H and O–H groups in total. The zero-order valence-electron chi connectivity index (χ0n) is 16.2. The summed E-state index contributed by atoms with van der Waals surface area (Å²) in [6.45, 7) is 0.571. The van der Waals surface area contributed by atoms with E-state index >= 15 is 0 Å². The number of carbonyl (C=O) groups is 2. The number of anilines is 1. The molecular weight excluding hydrogens is 513 g/mol. The Kier molecular flexibility index (Phi) is 6.89. The zero-order valence-corrected chi connectivity index (χ0v) is 19.1. The van der Waals surface area contributed by atoms with Crippen LogP contribution in [-0.2, 0) is 18.4 Å². The monoisotopic (exact) mass is 531 g/mol. The highest BCUT2D eigenvalue weighted by molar-refractivity contribution is 6.48. The number of pyridine rings is 1.